The second-order valence-electron chi connectivity index (χ2n) is 5.61. The highest BCUT2D eigenvalue weighted by Gasteiger charge is 2.31. The average molecular weight is 286 g/mol. The van der Waals surface area contributed by atoms with E-state index in [2.05, 4.69) is 11.8 Å². The van der Waals surface area contributed by atoms with Crippen molar-refractivity contribution < 1.29 is 13.2 Å². The Morgan fingerprint density at radius 2 is 1.95 bits per heavy atom. The fourth-order valence-electron chi connectivity index (χ4n) is 2.90. The summed E-state index contributed by atoms with van der Waals surface area (Å²) in [7, 11) is 0. The highest BCUT2D eigenvalue weighted by Crippen LogP contribution is 2.31. The van der Waals surface area contributed by atoms with Gasteiger partial charge in [-0.1, -0.05) is 19.1 Å². The fourth-order valence-corrected chi connectivity index (χ4v) is 2.90. The summed E-state index contributed by atoms with van der Waals surface area (Å²) >= 11 is 0. The Balaban J connectivity index is 2.15. The summed E-state index contributed by atoms with van der Waals surface area (Å²) in [6.45, 7) is 4.56. The van der Waals surface area contributed by atoms with Crippen molar-refractivity contribution in [2.24, 2.45) is 11.7 Å². The van der Waals surface area contributed by atoms with Crippen LogP contribution in [0.5, 0.6) is 0 Å². The minimum absolute atomic E-state index is 0.0139. The molecule has 2 rings (SSSR count). The van der Waals surface area contributed by atoms with Crippen LogP contribution in [-0.4, -0.2) is 24.5 Å². The van der Waals surface area contributed by atoms with Crippen molar-refractivity contribution in [2.45, 2.75) is 32.0 Å². The van der Waals surface area contributed by atoms with E-state index in [9.17, 15) is 13.2 Å². The summed E-state index contributed by atoms with van der Waals surface area (Å²) in [6.07, 6.45) is -1.95. The van der Waals surface area contributed by atoms with Gasteiger partial charge in [0.15, 0.2) is 0 Å². The number of benzene rings is 1. The SMILES string of the molecule is C[C@@H]1CCCN([C@@H](CN)c2ccc(C(F)(F)F)cc2)C1. The highest BCUT2D eigenvalue weighted by atomic mass is 19.4. The van der Waals surface area contributed by atoms with E-state index in [4.69, 9.17) is 5.73 Å². The van der Waals surface area contributed by atoms with Crippen molar-refractivity contribution in [3.05, 3.63) is 35.4 Å². The monoisotopic (exact) mass is 286 g/mol. The molecule has 0 unspecified atom stereocenters. The Bertz CT molecular complexity index is 428. The number of nitrogens with two attached hydrogens (primary N) is 1. The first-order valence-electron chi connectivity index (χ1n) is 7.03. The molecule has 0 bridgehead atoms. The number of piperidine rings is 1. The highest BCUT2D eigenvalue weighted by molar-refractivity contribution is 5.27. The Morgan fingerprint density at radius 3 is 2.45 bits per heavy atom. The van der Waals surface area contributed by atoms with Crippen LogP contribution in [0.1, 0.15) is 36.9 Å². The molecular formula is C15H21F3N2. The van der Waals surface area contributed by atoms with E-state index in [1.165, 1.54) is 6.42 Å². The Morgan fingerprint density at radius 1 is 1.30 bits per heavy atom. The topological polar surface area (TPSA) is 29.3 Å². The zero-order valence-electron chi connectivity index (χ0n) is 11.7. The molecule has 1 aromatic carbocycles. The van der Waals surface area contributed by atoms with Gasteiger partial charge in [0, 0.05) is 19.1 Å². The van der Waals surface area contributed by atoms with Crippen molar-refractivity contribution in [1.82, 2.24) is 4.90 Å². The summed E-state index contributed by atoms with van der Waals surface area (Å²) in [5.74, 6) is 0.618. The lowest BCUT2D eigenvalue weighted by Gasteiger charge is -2.37. The van der Waals surface area contributed by atoms with Crippen LogP contribution in [0.2, 0.25) is 0 Å². The molecular weight excluding hydrogens is 265 g/mol. The van der Waals surface area contributed by atoms with Crippen LogP contribution in [0.3, 0.4) is 0 Å². The minimum atomic E-state index is -4.28. The predicted octanol–water partition coefficient (Wildman–Crippen LogP) is 3.44. The summed E-state index contributed by atoms with van der Waals surface area (Å²) in [5.41, 5.74) is 6.10. The lowest BCUT2D eigenvalue weighted by Crippen LogP contribution is -2.40. The van der Waals surface area contributed by atoms with Gasteiger partial charge in [-0.15, -0.1) is 0 Å². The summed E-state index contributed by atoms with van der Waals surface area (Å²) in [5, 5.41) is 0. The zero-order chi connectivity index (χ0) is 14.8. The lowest BCUT2D eigenvalue weighted by molar-refractivity contribution is -0.137. The zero-order valence-corrected chi connectivity index (χ0v) is 11.7. The third kappa shape index (κ3) is 3.52. The van der Waals surface area contributed by atoms with Gasteiger partial charge < -0.3 is 5.73 Å². The molecule has 2 atom stereocenters. The maximum absolute atomic E-state index is 12.6. The smallest absolute Gasteiger partial charge is 0.329 e. The molecule has 5 heteroatoms. The molecule has 0 aromatic heterocycles. The number of hydrogen-bond acceptors (Lipinski definition) is 2. The molecule has 0 radical (unpaired) electrons. The molecule has 0 aliphatic carbocycles. The van der Waals surface area contributed by atoms with Crippen LogP contribution in [0.25, 0.3) is 0 Å². The maximum Gasteiger partial charge on any atom is 0.416 e. The quantitative estimate of drug-likeness (QED) is 0.922. The van der Waals surface area contributed by atoms with Gasteiger partial charge in [-0.25, -0.2) is 0 Å². The molecule has 2 N–H and O–H groups in total. The lowest BCUT2D eigenvalue weighted by atomic mass is 9.96. The number of hydrogen-bond donors (Lipinski definition) is 1. The molecule has 0 amide bonds. The average Bonchev–Trinajstić information content (AvgIpc) is 2.39. The number of halogens is 3. The van der Waals surface area contributed by atoms with Gasteiger partial charge in [0.2, 0.25) is 0 Å². The third-order valence-electron chi connectivity index (χ3n) is 3.98. The minimum Gasteiger partial charge on any atom is -0.329 e. The number of nitrogens with zero attached hydrogens (tertiary/aromatic N) is 1. The third-order valence-corrected chi connectivity index (χ3v) is 3.98. The van der Waals surface area contributed by atoms with E-state index in [0.717, 1.165) is 37.2 Å². The first kappa shape index (κ1) is 15.3. The molecule has 1 saturated heterocycles. The van der Waals surface area contributed by atoms with Gasteiger partial charge >= 0.3 is 6.18 Å². The molecule has 2 nitrogen and oxygen atoms in total. The molecule has 1 fully saturated rings. The molecule has 112 valence electrons. The summed E-state index contributed by atoms with van der Waals surface area (Å²) in [6, 6.07) is 5.41. The number of rotatable bonds is 3. The van der Waals surface area contributed by atoms with Crippen molar-refractivity contribution >= 4 is 0 Å². The van der Waals surface area contributed by atoms with E-state index >= 15 is 0 Å². The van der Waals surface area contributed by atoms with Crippen LogP contribution in [0.4, 0.5) is 13.2 Å². The number of alkyl halides is 3. The van der Waals surface area contributed by atoms with Crippen LogP contribution >= 0.6 is 0 Å². The van der Waals surface area contributed by atoms with E-state index in [1.54, 1.807) is 12.1 Å². The number of likely N-dealkylation sites (tertiary alicyclic amines) is 1. The molecule has 1 aliphatic rings. The first-order chi connectivity index (χ1) is 9.41. The standard InChI is InChI=1S/C15H21F3N2/c1-11-3-2-8-20(10-11)14(9-19)12-4-6-13(7-5-12)15(16,17)18/h4-7,11,14H,2-3,8-10,19H2,1H3/t11-,14+/m1/s1. The normalized spacial score (nSPS) is 22.8. The molecule has 20 heavy (non-hydrogen) atoms. The van der Waals surface area contributed by atoms with Gasteiger partial charge in [0.1, 0.15) is 0 Å². The predicted molar refractivity (Wildman–Crippen MR) is 73.2 cm³/mol. The van der Waals surface area contributed by atoms with E-state index < -0.39 is 11.7 Å². The van der Waals surface area contributed by atoms with Gasteiger partial charge in [0.05, 0.1) is 5.56 Å². The summed E-state index contributed by atoms with van der Waals surface area (Å²) in [4.78, 5) is 2.29. The maximum atomic E-state index is 12.6. The molecule has 0 saturated carbocycles. The van der Waals surface area contributed by atoms with Crippen LogP contribution in [0.15, 0.2) is 24.3 Å². The van der Waals surface area contributed by atoms with Gasteiger partial charge in [-0.2, -0.15) is 13.2 Å². The molecule has 1 aromatic rings. The van der Waals surface area contributed by atoms with Crippen molar-refractivity contribution in [2.75, 3.05) is 19.6 Å². The van der Waals surface area contributed by atoms with E-state index in [1.807, 2.05) is 0 Å². The van der Waals surface area contributed by atoms with Crippen LogP contribution < -0.4 is 5.73 Å². The second-order valence-corrected chi connectivity index (χ2v) is 5.61. The Kier molecular flexibility index (Phi) is 4.70. The Labute approximate surface area is 117 Å². The fraction of sp³-hybridized carbons (Fsp3) is 0.600. The van der Waals surface area contributed by atoms with Crippen molar-refractivity contribution in [1.29, 1.82) is 0 Å². The Hall–Kier alpha value is -1.07. The van der Waals surface area contributed by atoms with Gasteiger partial charge in [0.25, 0.3) is 0 Å². The van der Waals surface area contributed by atoms with Crippen molar-refractivity contribution in [3.63, 3.8) is 0 Å². The first-order valence-corrected chi connectivity index (χ1v) is 7.03. The van der Waals surface area contributed by atoms with E-state index in [0.29, 0.717) is 12.5 Å². The van der Waals surface area contributed by atoms with E-state index in [-0.39, 0.29) is 6.04 Å². The van der Waals surface area contributed by atoms with Crippen molar-refractivity contribution in [3.8, 4) is 0 Å². The van der Waals surface area contributed by atoms with Gasteiger partial charge in [-0.05, 0) is 43.0 Å². The van der Waals surface area contributed by atoms with Crippen LogP contribution in [0, 0.1) is 5.92 Å². The largest absolute Gasteiger partial charge is 0.416 e. The molecule has 1 heterocycles. The van der Waals surface area contributed by atoms with Gasteiger partial charge in [-0.3, -0.25) is 4.90 Å². The molecule has 1 aliphatic heterocycles. The molecule has 0 spiro atoms. The van der Waals surface area contributed by atoms with Crippen LogP contribution in [-0.2, 0) is 6.18 Å². The summed E-state index contributed by atoms with van der Waals surface area (Å²) < 4.78 is 37.7. The second kappa shape index (κ2) is 6.14.